The number of aromatic hydroxyl groups is 1. The van der Waals surface area contributed by atoms with E-state index in [1.807, 2.05) is 6.07 Å². The van der Waals surface area contributed by atoms with Crippen molar-refractivity contribution in [2.75, 3.05) is 5.32 Å². The summed E-state index contributed by atoms with van der Waals surface area (Å²) >= 11 is 0. The second-order valence-corrected chi connectivity index (χ2v) is 6.99. The minimum absolute atomic E-state index is 0.0844. The molecule has 0 saturated carbocycles. The number of aliphatic carboxylic acids is 1. The van der Waals surface area contributed by atoms with Gasteiger partial charge in [-0.2, -0.15) is 0 Å². The third kappa shape index (κ3) is 7.58. The number of phenolic OH excluding ortho intramolecular Hbond substituents is 1. The molecule has 2 aromatic rings. The average Bonchev–Trinajstić information content (AvgIpc) is 2.71. The highest BCUT2D eigenvalue weighted by atomic mass is 16.5. The predicted molar refractivity (Wildman–Crippen MR) is 113 cm³/mol. The van der Waals surface area contributed by atoms with Gasteiger partial charge in [-0.3, -0.25) is 14.4 Å². The van der Waals surface area contributed by atoms with Crippen LogP contribution in [0.5, 0.6) is 11.5 Å². The number of ether oxygens (including phenoxy) is 1. The SMILES string of the molecule is CCCCCC(=O)c1ccc(OCc2cccc(NC(=O)CCC(=O)O)c2)cc1O. The lowest BCUT2D eigenvalue weighted by Gasteiger charge is -2.10. The first-order valence-corrected chi connectivity index (χ1v) is 9.98. The van der Waals surface area contributed by atoms with Gasteiger partial charge in [0.05, 0.1) is 12.0 Å². The molecule has 0 aromatic heterocycles. The lowest BCUT2D eigenvalue weighted by molar-refractivity contribution is -0.138. The Hall–Kier alpha value is -3.35. The first kappa shape index (κ1) is 22.9. The maximum absolute atomic E-state index is 12.2. The molecule has 0 aliphatic heterocycles. The number of benzene rings is 2. The number of carboxylic acid groups (broad SMARTS) is 1. The molecule has 3 N–H and O–H groups in total. The molecule has 7 nitrogen and oxygen atoms in total. The molecule has 0 aliphatic rings. The van der Waals surface area contributed by atoms with Crippen molar-refractivity contribution in [1.82, 2.24) is 0 Å². The molecular weight excluding hydrogens is 386 g/mol. The van der Waals surface area contributed by atoms with E-state index in [9.17, 15) is 19.5 Å². The Morgan fingerprint density at radius 1 is 1.00 bits per heavy atom. The highest BCUT2D eigenvalue weighted by Gasteiger charge is 2.12. The summed E-state index contributed by atoms with van der Waals surface area (Å²) in [6, 6.07) is 11.6. The number of unbranched alkanes of at least 4 members (excludes halogenated alkanes) is 2. The first-order valence-electron chi connectivity index (χ1n) is 9.98. The van der Waals surface area contributed by atoms with Crippen LogP contribution < -0.4 is 10.1 Å². The Labute approximate surface area is 175 Å². The van der Waals surface area contributed by atoms with Crippen molar-refractivity contribution in [1.29, 1.82) is 0 Å². The van der Waals surface area contributed by atoms with Crippen LogP contribution in [0.15, 0.2) is 42.5 Å². The molecule has 0 saturated heterocycles. The number of anilines is 1. The number of carboxylic acids is 1. The molecule has 7 heteroatoms. The van der Waals surface area contributed by atoms with Crippen LogP contribution in [0.1, 0.15) is 61.4 Å². The molecule has 0 fully saturated rings. The third-order valence-corrected chi connectivity index (χ3v) is 4.46. The summed E-state index contributed by atoms with van der Waals surface area (Å²) in [5.74, 6) is -1.16. The van der Waals surface area contributed by atoms with E-state index in [0.29, 0.717) is 23.4 Å². The quantitative estimate of drug-likeness (QED) is 0.348. The van der Waals surface area contributed by atoms with E-state index in [1.54, 1.807) is 30.3 Å². The van der Waals surface area contributed by atoms with Crippen LogP contribution >= 0.6 is 0 Å². The number of phenols is 1. The van der Waals surface area contributed by atoms with E-state index in [0.717, 1.165) is 24.8 Å². The van der Waals surface area contributed by atoms with Gasteiger partial charge in [0.2, 0.25) is 5.91 Å². The summed E-state index contributed by atoms with van der Waals surface area (Å²) in [5.41, 5.74) is 1.62. The molecule has 2 aromatic carbocycles. The zero-order valence-electron chi connectivity index (χ0n) is 17.0. The number of Topliss-reactive ketones (excluding diaryl/α,β-unsaturated/α-hetero) is 1. The lowest BCUT2D eigenvalue weighted by atomic mass is 10.0. The fraction of sp³-hybridized carbons (Fsp3) is 0.348. The maximum Gasteiger partial charge on any atom is 0.303 e. The van der Waals surface area contributed by atoms with Gasteiger partial charge in [-0.05, 0) is 36.2 Å². The number of amides is 1. The van der Waals surface area contributed by atoms with Crippen molar-refractivity contribution < 1.29 is 29.3 Å². The highest BCUT2D eigenvalue weighted by molar-refractivity contribution is 5.98. The van der Waals surface area contributed by atoms with E-state index < -0.39 is 5.97 Å². The number of carbonyl (C=O) groups is 3. The molecule has 0 spiro atoms. The molecular formula is C23H27NO6. The van der Waals surface area contributed by atoms with Crippen molar-refractivity contribution in [2.45, 2.75) is 52.1 Å². The summed E-state index contributed by atoms with van der Waals surface area (Å²) in [6.45, 7) is 2.26. The zero-order chi connectivity index (χ0) is 21.9. The van der Waals surface area contributed by atoms with Gasteiger partial charge in [0.25, 0.3) is 0 Å². The van der Waals surface area contributed by atoms with Crippen molar-refractivity contribution >= 4 is 23.3 Å². The zero-order valence-corrected chi connectivity index (χ0v) is 17.0. The normalized spacial score (nSPS) is 10.4. The molecule has 0 radical (unpaired) electrons. The Kier molecular flexibility index (Phi) is 8.87. The monoisotopic (exact) mass is 413 g/mol. The Morgan fingerprint density at radius 2 is 1.80 bits per heavy atom. The van der Waals surface area contributed by atoms with Crippen molar-refractivity contribution in [3.8, 4) is 11.5 Å². The minimum atomic E-state index is -1.02. The van der Waals surface area contributed by atoms with Crippen LogP contribution in [0.25, 0.3) is 0 Å². The van der Waals surface area contributed by atoms with E-state index in [-0.39, 0.29) is 36.9 Å². The average molecular weight is 413 g/mol. The molecule has 0 unspecified atom stereocenters. The predicted octanol–water partition coefficient (Wildman–Crippen LogP) is 4.54. The Balaban J connectivity index is 1.92. The van der Waals surface area contributed by atoms with E-state index in [2.05, 4.69) is 12.2 Å². The van der Waals surface area contributed by atoms with E-state index >= 15 is 0 Å². The van der Waals surface area contributed by atoms with Crippen LogP contribution in [0.4, 0.5) is 5.69 Å². The largest absolute Gasteiger partial charge is 0.507 e. The summed E-state index contributed by atoms with van der Waals surface area (Å²) < 4.78 is 5.68. The molecule has 0 heterocycles. The van der Waals surface area contributed by atoms with Crippen molar-refractivity contribution in [3.05, 3.63) is 53.6 Å². The van der Waals surface area contributed by atoms with Crippen LogP contribution in [-0.2, 0) is 16.2 Å². The second kappa shape index (κ2) is 11.6. The smallest absolute Gasteiger partial charge is 0.303 e. The first-order chi connectivity index (χ1) is 14.4. The lowest BCUT2D eigenvalue weighted by Crippen LogP contribution is -2.13. The fourth-order valence-electron chi connectivity index (χ4n) is 2.86. The van der Waals surface area contributed by atoms with Crippen LogP contribution in [-0.4, -0.2) is 27.9 Å². The molecule has 0 aliphatic carbocycles. The maximum atomic E-state index is 12.2. The van der Waals surface area contributed by atoms with Gasteiger partial charge in [-0.1, -0.05) is 31.9 Å². The van der Waals surface area contributed by atoms with Crippen molar-refractivity contribution in [2.24, 2.45) is 0 Å². The Morgan fingerprint density at radius 3 is 2.50 bits per heavy atom. The number of hydrogen-bond acceptors (Lipinski definition) is 5. The number of ketones is 1. The number of carbonyl (C=O) groups excluding carboxylic acids is 2. The summed E-state index contributed by atoms with van der Waals surface area (Å²) in [4.78, 5) is 34.5. The fourth-order valence-corrected chi connectivity index (χ4v) is 2.86. The molecule has 160 valence electrons. The van der Waals surface area contributed by atoms with Gasteiger partial charge >= 0.3 is 5.97 Å². The molecule has 0 atom stereocenters. The van der Waals surface area contributed by atoms with E-state index in [1.165, 1.54) is 6.07 Å². The molecule has 0 bridgehead atoms. The van der Waals surface area contributed by atoms with Crippen LogP contribution in [0.2, 0.25) is 0 Å². The van der Waals surface area contributed by atoms with Gasteiger partial charge in [-0.15, -0.1) is 0 Å². The topological polar surface area (TPSA) is 113 Å². The van der Waals surface area contributed by atoms with Gasteiger partial charge in [0.1, 0.15) is 18.1 Å². The van der Waals surface area contributed by atoms with E-state index in [4.69, 9.17) is 9.84 Å². The number of rotatable bonds is 12. The Bertz CT molecular complexity index is 893. The molecule has 2 rings (SSSR count). The third-order valence-electron chi connectivity index (χ3n) is 4.46. The summed E-state index contributed by atoms with van der Waals surface area (Å²) in [7, 11) is 0. The standard InChI is InChI=1S/C23H27NO6/c1-2-3-4-8-20(25)19-10-9-18(14-21(19)26)30-15-16-6-5-7-17(13-16)24-22(27)11-12-23(28)29/h5-7,9-10,13-14,26H,2-4,8,11-12,15H2,1H3,(H,24,27)(H,28,29). The van der Waals surface area contributed by atoms with Gasteiger partial charge in [0.15, 0.2) is 5.78 Å². The highest BCUT2D eigenvalue weighted by Crippen LogP contribution is 2.26. The number of nitrogens with one attached hydrogen (secondary N) is 1. The minimum Gasteiger partial charge on any atom is -0.507 e. The van der Waals surface area contributed by atoms with Crippen LogP contribution in [0.3, 0.4) is 0 Å². The summed E-state index contributed by atoms with van der Waals surface area (Å²) in [6.07, 6.45) is 2.89. The van der Waals surface area contributed by atoms with Gasteiger partial charge in [-0.25, -0.2) is 0 Å². The molecule has 30 heavy (non-hydrogen) atoms. The summed E-state index contributed by atoms with van der Waals surface area (Å²) in [5, 5.41) is 21.4. The molecule has 1 amide bonds. The van der Waals surface area contributed by atoms with Gasteiger partial charge in [0, 0.05) is 24.6 Å². The van der Waals surface area contributed by atoms with Gasteiger partial charge < -0.3 is 20.3 Å². The second-order valence-electron chi connectivity index (χ2n) is 6.99. The van der Waals surface area contributed by atoms with Crippen molar-refractivity contribution in [3.63, 3.8) is 0 Å². The number of hydrogen-bond donors (Lipinski definition) is 3. The van der Waals surface area contributed by atoms with Crippen LogP contribution in [0, 0.1) is 0 Å².